The Morgan fingerprint density at radius 1 is 1.44 bits per heavy atom. The van der Waals surface area contributed by atoms with Crippen molar-refractivity contribution in [2.45, 2.75) is 19.8 Å². The summed E-state index contributed by atoms with van der Waals surface area (Å²) in [5.41, 5.74) is 6.46. The summed E-state index contributed by atoms with van der Waals surface area (Å²) in [4.78, 5) is 11.7. The molecule has 0 fully saturated rings. The molecule has 16 heavy (non-hydrogen) atoms. The number of nitrogen functional groups attached to an aromatic ring is 1. The van der Waals surface area contributed by atoms with Gasteiger partial charge in [0.2, 0.25) is 0 Å². The lowest BCUT2D eigenvalue weighted by Crippen LogP contribution is -2.09. The van der Waals surface area contributed by atoms with E-state index >= 15 is 0 Å². The first kappa shape index (κ1) is 12.4. The van der Waals surface area contributed by atoms with Crippen LogP contribution in [-0.4, -0.2) is 19.7 Å². The van der Waals surface area contributed by atoms with Crippen LogP contribution in [0.15, 0.2) is 18.2 Å². The van der Waals surface area contributed by atoms with Crippen molar-refractivity contribution in [2.24, 2.45) is 0 Å². The Balaban J connectivity index is 2.75. The first-order valence-electron chi connectivity index (χ1n) is 5.30. The summed E-state index contributed by atoms with van der Waals surface area (Å²) < 4.78 is 10.1. The molecule has 4 nitrogen and oxygen atoms in total. The summed E-state index contributed by atoms with van der Waals surface area (Å²) in [6.45, 7) is 2.46. The van der Waals surface area contributed by atoms with Crippen LogP contribution in [0.5, 0.6) is 5.75 Å². The number of nitrogens with two attached hydrogens (primary N) is 1. The highest BCUT2D eigenvalue weighted by Gasteiger charge is 2.13. The SMILES string of the molecule is CCCCOC(=O)c1cccc(OC)c1N. The minimum absolute atomic E-state index is 0.325. The van der Waals surface area contributed by atoms with Crippen LogP contribution in [0.2, 0.25) is 0 Å². The third-order valence-electron chi connectivity index (χ3n) is 2.24. The average molecular weight is 223 g/mol. The van der Waals surface area contributed by atoms with Crippen LogP contribution in [0.1, 0.15) is 30.1 Å². The molecule has 0 heterocycles. The Hall–Kier alpha value is -1.71. The molecule has 1 aromatic carbocycles. The number of anilines is 1. The van der Waals surface area contributed by atoms with E-state index in [2.05, 4.69) is 0 Å². The Bertz CT molecular complexity index is 363. The number of unbranched alkanes of at least 4 members (excludes halogenated alkanes) is 1. The van der Waals surface area contributed by atoms with Gasteiger partial charge >= 0.3 is 5.97 Å². The average Bonchev–Trinajstić information content (AvgIpc) is 2.29. The van der Waals surface area contributed by atoms with Crippen LogP contribution in [0.25, 0.3) is 0 Å². The van der Waals surface area contributed by atoms with Crippen LogP contribution < -0.4 is 10.5 Å². The molecule has 0 saturated heterocycles. The monoisotopic (exact) mass is 223 g/mol. The normalized spacial score (nSPS) is 9.88. The Morgan fingerprint density at radius 3 is 2.81 bits per heavy atom. The molecule has 0 spiro atoms. The molecule has 0 radical (unpaired) electrons. The second-order valence-corrected chi connectivity index (χ2v) is 3.41. The zero-order valence-electron chi connectivity index (χ0n) is 9.66. The Kier molecular flexibility index (Phi) is 4.64. The van der Waals surface area contributed by atoms with Gasteiger partial charge in [0.15, 0.2) is 0 Å². The van der Waals surface area contributed by atoms with Crippen LogP contribution in [0.3, 0.4) is 0 Å². The molecule has 0 saturated carbocycles. The predicted octanol–water partition coefficient (Wildman–Crippen LogP) is 2.23. The topological polar surface area (TPSA) is 61.5 Å². The molecule has 88 valence electrons. The van der Waals surface area contributed by atoms with Crippen LogP contribution >= 0.6 is 0 Å². The van der Waals surface area contributed by atoms with Crippen molar-refractivity contribution in [3.63, 3.8) is 0 Å². The van der Waals surface area contributed by atoms with Crippen LogP contribution in [0.4, 0.5) is 5.69 Å². The third-order valence-corrected chi connectivity index (χ3v) is 2.24. The Labute approximate surface area is 95.3 Å². The van der Waals surface area contributed by atoms with Gasteiger partial charge in [-0.05, 0) is 18.6 Å². The molecule has 0 aliphatic rings. The van der Waals surface area contributed by atoms with E-state index in [1.807, 2.05) is 6.92 Å². The van der Waals surface area contributed by atoms with Gasteiger partial charge in [-0.25, -0.2) is 4.79 Å². The molecule has 0 aliphatic carbocycles. The van der Waals surface area contributed by atoms with Gasteiger partial charge in [-0.1, -0.05) is 19.4 Å². The predicted molar refractivity (Wildman–Crippen MR) is 62.6 cm³/mol. The lowest BCUT2D eigenvalue weighted by atomic mass is 10.1. The fourth-order valence-corrected chi connectivity index (χ4v) is 1.29. The van der Waals surface area contributed by atoms with E-state index in [0.29, 0.717) is 23.6 Å². The van der Waals surface area contributed by atoms with Crippen molar-refractivity contribution in [1.29, 1.82) is 0 Å². The van der Waals surface area contributed by atoms with Crippen LogP contribution in [-0.2, 0) is 4.74 Å². The summed E-state index contributed by atoms with van der Waals surface area (Å²) >= 11 is 0. The van der Waals surface area contributed by atoms with Crippen molar-refractivity contribution in [2.75, 3.05) is 19.5 Å². The number of carbonyl (C=O) groups excluding carboxylic acids is 1. The molecule has 0 aliphatic heterocycles. The van der Waals surface area contributed by atoms with Gasteiger partial charge in [-0.15, -0.1) is 0 Å². The van der Waals surface area contributed by atoms with Crippen molar-refractivity contribution < 1.29 is 14.3 Å². The van der Waals surface area contributed by atoms with E-state index in [4.69, 9.17) is 15.2 Å². The quantitative estimate of drug-likeness (QED) is 0.472. The van der Waals surface area contributed by atoms with Gasteiger partial charge in [0.1, 0.15) is 5.75 Å². The first-order chi connectivity index (χ1) is 7.70. The lowest BCUT2D eigenvalue weighted by molar-refractivity contribution is 0.0500. The maximum atomic E-state index is 11.7. The van der Waals surface area contributed by atoms with E-state index in [-0.39, 0.29) is 0 Å². The summed E-state index contributed by atoms with van der Waals surface area (Å²) in [6.07, 6.45) is 1.84. The van der Waals surface area contributed by atoms with E-state index in [0.717, 1.165) is 12.8 Å². The zero-order chi connectivity index (χ0) is 12.0. The fourth-order valence-electron chi connectivity index (χ4n) is 1.29. The molecule has 4 heteroatoms. The molecule has 0 atom stereocenters. The smallest absolute Gasteiger partial charge is 0.340 e. The number of carbonyl (C=O) groups is 1. The maximum Gasteiger partial charge on any atom is 0.340 e. The van der Waals surface area contributed by atoms with Crippen molar-refractivity contribution in [3.05, 3.63) is 23.8 Å². The van der Waals surface area contributed by atoms with Gasteiger partial charge in [0.25, 0.3) is 0 Å². The van der Waals surface area contributed by atoms with Crippen molar-refractivity contribution in [1.82, 2.24) is 0 Å². The first-order valence-corrected chi connectivity index (χ1v) is 5.30. The molecular weight excluding hydrogens is 206 g/mol. The molecule has 1 rings (SSSR count). The molecule has 0 amide bonds. The number of rotatable bonds is 5. The zero-order valence-corrected chi connectivity index (χ0v) is 9.66. The highest BCUT2D eigenvalue weighted by atomic mass is 16.5. The molecule has 0 bridgehead atoms. The number of methoxy groups -OCH3 is 1. The fraction of sp³-hybridized carbons (Fsp3) is 0.417. The molecular formula is C12H17NO3. The highest BCUT2D eigenvalue weighted by Crippen LogP contribution is 2.25. The van der Waals surface area contributed by atoms with Gasteiger partial charge in [-0.2, -0.15) is 0 Å². The van der Waals surface area contributed by atoms with Crippen molar-refractivity contribution in [3.8, 4) is 5.75 Å². The van der Waals surface area contributed by atoms with Gasteiger partial charge < -0.3 is 15.2 Å². The second kappa shape index (κ2) is 6.00. The maximum absolute atomic E-state index is 11.7. The van der Waals surface area contributed by atoms with E-state index < -0.39 is 5.97 Å². The number of benzene rings is 1. The van der Waals surface area contributed by atoms with E-state index in [1.54, 1.807) is 18.2 Å². The Morgan fingerprint density at radius 2 is 2.19 bits per heavy atom. The minimum Gasteiger partial charge on any atom is -0.495 e. The van der Waals surface area contributed by atoms with Crippen molar-refractivity contribution >= 4 is 11.7 Å². The molecule has 2 N–H and O–H groups in total. The standard InChI is InChI=1S/C12H17NO3/c1-3-4-8-16-12(14)9-6-5-7-10(15-2)11(9)13/h5-7H,3-4,8,13H2,1-2H3. The summed E-state index contributed by atoms with van der Waals surface area (Å²) in [7, 11) is 1.51. The number of esters is 1. The lowest BCUT2D eigenvalue weighted by Gasteiger charge is -2.09. The highest BCUT2D eigenvalue weighted by molar-refractivity contribution is 5.96. The molecule has 0 aromatic heterocycles. The second-order valence-electron chi connectivity index (χ2n) is 3.41. The number of ether oxygens (including phenoxy) is 2. The van der Waals surface area contributed by atoms with Gasteiger partial charge in [0, 0.05) is 0 Å². The van der Waals surface area contributed by atoms with Crippen LogP contribution in [0, 0.1) is 0 Å². The van der Waals surface area contributed by atoms with E-state index in [9.17, 15) is 4.79 Å². The molecule has 1 aromatic rings. The van der Waals surface area contributed by atoms with Gasteiger partial charge in [0.05, 0.1) is 25.0 Å². The minimum atomic E-state index is -0.398. The third kappa shape index (κ3) is 2.89. The largest absolute Gasteiger partial charge is 0.495 e. The van der Waals surface area contributed by atoms with E-state index in [1.165, 1.54) is 7.11 Å². The molecule has 0 unspecified atom stereocenters. The number of hydrogen-bond donors (Lipinski definition) is 1. The summed E-state index contributed by atoms with van der Waals surface area (Å²) in [5, 5.41) is 0. The number of para-hydroxylation sites is 1. The summed E-state index contributed by atoms with van der Waals surface area (Å²) in [5.74, 6) is 0.0924. The number of hydrogen-bond acceptors (Lipinski definition) is 4. The van der Waals surface area contributed by atoms with Gasteiger partial charge in [-0.3, -0.25) is 0 Å². The summed E-state index contributed by atoms with van der Waals surface area (Å²) in [6, 6.07) is 5.05.